The minimum Gasteiger partial charge on any atom is -0.352 e. The first-order valence-corrected chi connectivity index (χ1v) is 9.04. The van der Waals surface area contributed by atoms with Crippen LogP contribution in [0.2, 0.25) is 0 Å². The Kier molecular flexibility index (Phi) is 6.89. The SMILES string of the molecule is Cc1cc(C)n(-c2ccc(CNC(=O)C3CC34CCNCC4)cn2)n1.Cl.Cl. The number of amides is 1. The molecule has 1 saturated heterocycles. The Labute approximate surface area is 172 Å². The van der Waals surface area contributed by atoms with Gasteiger partial charge in [0.05, 0.1) is 5.69 Å². The summed E-state index contributed by atoms with van der Waals surface area (Å²) >= 11 is 0. The number of carbonyl (C=O) groups is 1. The van der Waals surface area contributed by atoms with Gasteiger partial charge >= 0.3 is 0 Å². The average Bonchev–Trinajstić information content (AvgIpc) is 3.20. The first kappa shape index (κ1) is 21.7. The van der Waals surface area contributed by atoms with Gasteiger partial charge in [-0.2, -0.15) is 5.10 Å². The van der Waals surface area contributed by atoms with Crippen molar-refractivity contribution in [3.05, 3.63) is 41.3 Å². The van der Waals surface area contributed by atoms with E-state index in [1.165, 1.54) is 0 Å². The van der Waals surface area contributed by atoms with Crippen LogP contribution in [0.4, 0.5) is 0 Å². The third-order valence-corrected chi connectivity index (χ3v) is 5.61. The molecule has 1 atom stereocenters. The third-order valence-electron chi connectivity index (χ3n) is 5.61. The van der Waals surface area contributed by atoms with Crippen molar-refractivity contribution in [1.82, 2.24) is 25.4 Å². The largest absolute Gasteiger partial charge is 0.352 e. The van der Waals surface area contributed by atoms with Crippen LogP contribution in [0.25, 0.3) is 5.82 Å². The summed E-state index contributed by atoms with van der Waals surface area (Å²) in [7, 11) is 0. The molecule has 2 aromatic rings. The van der Waals surface area contributed by atoms with Crippen LogP contribution in [0.3, 0.4) is 0 Å². The molecule has 2 aliphatic rings. The molecule has 1 spiro atoms. The second kappa shape index (κ2) is 8.59. The highest BCUT2D eigenvalue weighted by Crippen LogP contribution is 2.58. The van der Waals surface area contributed by atoms with Crippen molar-refractivity contribution in [2.75, 3.05) is 13.1 Å². The van der Waals surface area contributed by atoms with Gasteiger partial charge in [-0.3, -0.25) is 4.79 Å². The Balaban J connectivity index is 0.00000131. The highest BCUT2D eigenvalue weighted by atomic mass is 35.5. The van der Waals surface area contributed by atoms with Gasteiger partial charge in [0.15, 0.2) is 5.82 Å². The Bertz CT molecular complexity index is 784. The van der Waals surface area contributed by atoms with Gasteiger partial charge in [-0.25, -0.2) is 9.67 Å². The molecule has 8 heteroatoms. The average molecular weight is 412 g/mol. The number of nitrogens with zero attached hydrogens (tertiary/aromatic N) is 3. The number of aromatic nitrogens is 3. The monoisotopic (exact) mass is 411 g/mol. The fourth-order valence-corrected chi connectivity index (χ4v) is 4.02. The highest BCUT2D eigenvalue weighted by Gasteiger charge is 2.57. The lowest BCUT2D eigenvalue weighted by Gasteiger charge is -2.23. The predicted molar refractivity (Wildman–Crippen MR) is 110 cm³/mol. The summed E-state index contributed by atoms with van der Waals surface area (Å²) in [6, 6.07) is 5.99. The number of piperidine rings is 1. The zero-order valence-corrected chi connectivity index (χ0v) is 17.3. The maximum Gasteiger partial charge on any atom is 0.223 e. The Hall–Kier alpha value is -1.63. The number of halogens is 2. The van der Waals surface area contributed by atoms with E-state index >= 15 is 0 Å². The molecule has 148 valence electrons. The fourth-order valence-electron chi connectivity index (χ4n) is 4.02. The molecule has 1 aliphatic heterocycles. The van der Waals surface area contributed by atoms with Crippen molar-refractivity contribution >= 4 is 30.7 Å². The number of hydrogen-bond donors (Lipinski definition) is 2. The van der Waals surface area contributed by atoms with Gasteiger partial charge < -0.3 is 10.6 Å². The summed E-state index contributed by atoms with van der Waals surface area (Å²) in [5, 5.41) is 10.9. The van der Waals surface area contributed by atoms with Crippen LogP contribution < -0.4 is 10.6 Å². The van der Waals surface area contributed by atoms with Crippen LogP contribution in [0.1, 0.15) is 36.2 Å². The van der Waals surface area contributed by atoms with E-state index < -0.39 is 0 Å². The summed E-state index contributed by atoms with van der Waals surface area (Å²) in [5.41, 5.74) is 3.34. The van der Waals surface area contributed by atoms with E-state index in [-0.39, 0.29) is 42.1 Å². The molecule has 2 fully saturated rings. The quantitative estimate of drug-likeness (QED) is 0.810. The maximum atomic E-state index is 12.4. The topological polar surface area (TPSA) is 71.8 Å². The van der Waals surface area contributed by atoms with Gasteiger partial charge in [0.25, 0.3) is 0 Å². The molecular formula is C19H27Cl2N5O. The molecule has 0 aromatic carbocycles. The molecule has 1 amide bonds. The standard InChI is InChI=1S/C19H25N5O.2ClH/c1-13-9-14(2)24(23-13)17-4-3-15(11-21-17)12-22-18(25)16-10-19(16)5-7-20-8-6-19;;/h3-4,9,11,16,20H,5-8,10,12H2,1-2H3,(H,22,25);2*1H. The number of pyridine rings is 1. The Morgan fingerprint density at radius 1 is 1.30 bits per heavy atom. The van der Waals surface area contributed by atoms with Crippen molar-refractivity contribution in [2.45, 2.75) is 39.7 Å². The number of hydrogen-bond acceptors (Lipinski definition) is 4. The predicted octanol–water partition coefficient (Wildman–Crippen LogP) is 2.73. The molecule has 6 nitrogen and oxygen atoms in total. The Morgan fingerprint density at radius 2 is 2.04 bits per heavy atom. The number of aryl methyl sites for hydroxylation is 2. The Morgan fingerprint density at radius 3 is 2.63 bits per heavy atom. The van der Waals surface area contributed by atoms with Crippen molar-refractivity contribution in [1.29, 1.82) is 0 Å². The van der Waals surface area contributed by atoms with Gasteiger partial charge in [0, 0.05) is 24.4 Å². The van der Waals surface area contributed by atoms with E-state index in [0.717, 1.165) is 55.1 Å². The normalized spacial score (nSPS) is 19.7. The summed E-state index contributed by atoms with van der Waals surface area (Å²) < 4.78 is 1.84. The molecule has 27 heavy (non-hydrogen) atoms. The molecule has 0 radical (unpaired) electrons. The molecule has 3 heterocycles. The second-order valence-electron chi connectivity index (χ2n) is 7.45. The molecule has 4 rings (SSSR count). The molecular weight excluding hydrogens is 385 g/mol. The molecule has 1 saturated carbocycles. The molecule has 0 bridgehead atoms. The summed E-state index contributed by atoms with van der Waals surface area (Å²) in [6.07, 6.45) is 5.13. The molecule has 2 aromatic heterocycles. The van der Waals surface area contributed by atoms with Crippen molar-refractivity contribution in [3.8, 4) is 5.82 Å². The van der Waals surface area contributed by atoms with E-state index in [9.17, 15) is 4.79 Å². The lowest BCUT2D eigenvalue weighted by Crippen LogP contribution is -2.33. The van der Waals surface area contributed by atoms with Gasteiger partial charge in [-0.1, -0.05) is 6.07 Å². The zero-order chi connectivity index (χ0) is 17.4. The minimum absolute atomic E-state index is 0. The zero-order valence-electron chi connectivity index (χ0n) is 15.7. The van der Waals surface area contributed by atoms with E-state index in [2.05, 4.69) is 20.7 Å². The molecule has 2 N–H and O–H groups in total. The van der Waals surface area contributed by atoms with E-state index in [4.69, 9.17) is 0 Å². The van der Waals surface area contributed by atoms with E-state index in [1.807, 2.05) is 42.9 Å². The van der Waals surface area contributed by atoms with Gasteiger partial charge in [-0.15, -0.1) is 24.8 Å². The lowest BCUT2D eigenvalue weighted by atomic mass is 9.92. The van der Waals surface area contributed by atoms with Crippen LogP contribution >= 0.6 is 24.8 Å². The molecule has 1 aliphatic carbocycles. The third kappa shape index (κ3) is 4.45. The number of carbonyl (C=O) groups excluding carboxylic acids is 1. The van der Waals surface area contributed by atoms with Gasteiger partial charge in [-0.05, 0) is 69.3 Å². The number of rotatable bonds is 4. The second-order valence-corrected chi connectivity index (χ2v) is 7.45. The van der Waals surface area contributed by atoms with Crippen LogP contribution in [-0.4, -0.2) is 33.8 Å². The van der Waals surface area contributed by atoms with Gasteiger partial charge in [0.2, 0.25) is 5.91 Å². The van der Waals surface area contributed by atoms with Crippen LogP contribution in [0.5, 0.6) is 0 Å². The molecule has 1 unspecified atom stereocenters. The first-order valence-electron chi connectivity index (χ1n) is 9.04. The number of nitrogens with one attached hydrogen (secondary N) is 2. The van der Waals surface area contributed by atoms with Crippen LogP contribution in [-0.2, 0) is 11.3 Å². The maximum absolute atomic E-state index is 12.4. The summed E-state index contributed by atoms with van der Waals surface area (Å²) in [6.45, 7) is 6.61. The van der Waals surface area contributed by atoms with Crippen molar-refractivity contribution in [3.63, 3.8) is 0 Å². The lowest BCUT2D eigenvalue weighted by molar-refractivity contribution is -0.123. The van der Waals surface area contributed by atoms with Crippen LogP contribution in [0, 0.1) is 25.2 Å². The van der Waals surface area contributed by atoms with Crippen molar-refractivity contribution in [2.24, 2.45) is 11.3 Å². The smallest absolute Gasteiger partial charge is 0.223 e. The van der Waals surface area contributed by atoms with Crippen LogP contribution in [0.15, 0.2) is 24.4 Å². The highest BCUT2D eigenvalue weighted by molar-refractivity contribution is 5.85. The first-order chi connectivity index (χ1) is 12.1. The summed E-state index contributed by atoms with van der Waals surface area (Å²) in [5.74, 6) is 1.21. The van der Waals surface area contributed by atoms with E-state index in [0.29, 0.717) is 6.54 Å². The van der Waals surface area contributed by atoms with E-state index in [1.54, 1.807) is 0 Å². The summed E-state index contributed by atoms with van der Waals surface area (Å²) in [4.78, 5) is 16.9. The fraction of sp³-hybridized carbons (Fsp3) is 0.526. The minimum atomic E-state index is 0. The van der Waals surface area contributed by atoms with Crippen molar-refractivity contribution < 1.29 is 4.79 Å². The van der Waals surface area contributed by atoms with Gasteiger partial charge in [0.1, 0.15) is 0 Å².